The van der Waals surface area contributed by atoms with E-state index in [1.807, 2.05) is 23.6 Å². The van der Waals surface area contributed by atoms with Crippen LogP contribution in [-0.4, -0.2) is 23.9 Å². The number of hydrogen-bond donors (Lipinski definition) is 3. The summed E-state index contributed by atoms with van der Waals surface area (Å²) in [6, 6.07) is 11.0. The summed E-state index contributed by atoms with van der Waals surface area (Å²) in [6.07, 6.45) is 4.12. The molecule has 26 heavy (non-hydrogen) atoms. The fraction of sp³-hybridized carbons (Fsp3) is 0.368. The SMILES string of the molecule is Cl.NCC1(NC(=O)c2ccc(CNC(=O)c3cccs3)cc2)CCCC1. The lowest BCUT2D eigenvalue weighted by Gasteiger charge is -2.28. The molecule has 1 heterocycles. The fourth-order valence-electron chi connectivity index (χ4n) is 3.20. The molecule has 3 rings (SSSR count). The number of rotatable bonds is 6. The van der Waals surface area contributed by atoms with Gasteiger partial charge in [0.1, 0.15) is 0 Å². The molecular formula is C19H24ClN3O2S. The second-order valence-electron chi connectivity index (χ2n) is 6.50. The van der Waals surface area contributed by atoms with Crippen molar-refractivity contribution in [1.82, 2.24) is 10.6 Å². The average Bonchev–Trinajstić information content (AvgIpc) is 3.32. The molecule has 1 aromatic heterocycles. The smallest absolute Gasteiger partial charge is 0.261 e. The molecule has 0 unspecified atom stereocenters. The highest BCUT2D eigenvalue weighted by atomic mass is 35.5. The van der Waals surface area contributed by atoms with E-state index in [-0.39, 0.29) is 29.8 Å². The Labute approximate surface area is 163 Å². The Hall–Kier alpha value is -1.89. The molecule has 0 aliphatic heterocycles. The maximum atomic E-state index is 12.5. The van der Waals surface area contributed by atoms with Crippen LogP contribution in [0.2, 0.25) is 0 Å². The van der Waals surface area contributed by atoms with Crippen LogP contribution in [-0.2, 0) is 6.54 Å². The first-order valence-corrected chi connectivity index (χ1v) is 9.43. The van der Waals surface area contributed by atoms with Crippen LogP contribution in [0.3, 0.4) is 0 Å². The number of benzene rings is 1. The fourth-order valence-corrected chi connectivity index (χ4v) is 3.84. The van der Waals surface area contributed by atoms with E-state index in [0.717, 1.165) is 31.2 Å². The van der Waals surface area contributed by atoms with E-state index in [1.165, 1.54) is 11.3 Å². The molecule has 5 nitrogen and oxygen atoms in total. The van der Waals surface area contributed by atoms with Crippen LogP contribution < -0.4 is 16.4 Å². The third kappa shape index (κ3) is 4.84. The standard InChI is InChI=1S/C19H23N3O2S.ClH/c20-13-19(9-1-2-10-19)22-17(23)15-7-5-14(6-8-15)12-21-18(24)16-4-3-11-25-16;/h3-8,11H,1-2,9-10,12-13,20H2,(H,21,24)(H,22,23);1H. The minimum absolute atomic E-state index is 0. The van der Waals surface area contributed by atoms with E-state index in [2.05, 4.69) is 10.6 Å². The molecule has 0 saturated heterocycles. The Morgan fingerprint density at radius 2 is 1.77 bits per heavy atom. The van der Waals surface area contributed by atoms with E-state index in [1.54, 1.807) is 18.2 Å². The third-order valence-electron chi connectivity index (χ3n) is 4.74. The number of halogens is 1. The van der Waals surface area contributed by atoms with Gasteiger partial charge in [0.2, 0.25) is 0 Å². The van der Waals surface area contributed by atoms with Gasteiger partial charge >= 0.3 is 0 Å². The maximum Gasteiger partial charge on any atom is 0.261 e. The van der Waals surface area contributed by atoms with Gasteiger partial charge in [0.05, 0.1) is 10.4 Å². The predicted molar refractivity (Wildman–Crippen MR) is 107 cm³/mol. The van der Waals surface area contributed by atoms with Gasteiger partial charge in [0.25, 0.3) is 11.8 Å². The van der Waals surface area contributed by atoms with Crippen molar-refractivity contribution in [1.29, 1.82) is 0 Å². The van der Waals surface area contributed by atoms with Crippen LogP contribution in [0.25, 0.3) is 0 Å². The van der Waals surface area contributed by atoms with Gasteiger partial charge in [-0.3, -0.25) is 9.59 Å². The monoisotopic (exact) mass is 393 g/mol. The second-order valence-corrected chi connectivity index (χ2v) is 7.45. The first kappa shape index (κ1) is 20.4. The van der Waals surface area contributed by atoms with Gasteiger partial charge in [-0.2, -0.15) is 0 Å². The lowest BCUT2D eigenvalue weighted by atomic mass is 9.97. The number of carbonyl (C=O) groups is 2. The van der Waals surface area contributed by atoms with E-state index in [4.69, 9.17) is 5.73 Å². The van der Waals surface area contributed by atoms with Gasteiger partial charge in [0, 0.05) is 18.7 Å². The number of hydrogen-bond acceptors (Lipinski definition) is 4. The average molecular weight is 394 g/mol. The number of thiophene rings is 1. The van der Waals surface area contributed by atoms with Gasteiger partial charge in [0.15, 0.2) is 0 Å². The highest BCUT2D eigenvalue weighted by Gasteiger charge is 2.33. The van der Waals surface area contributed by atoms with Crippen LogP contribution in [0.5, 0.6) is 0 Å². The highest BCUT2D eigenvalue weighted by Crippen LogP contribution is 2.28. The van der Waals surface area contributed by atoms with Crippen LogP contribution >= 0.6 is 23.7 Å². The summed E-state index contributed by atoms with van der Waals surface area (Å²) in [7, 11) is 0. The maximum absolute atomic E-state index is 12.5. The number of nitrogens with two attached hydrogens (primary N) is 1. The quantitative estimate of drug-likeness (QED) is 0.705. The molecule has 0 spiro atoms. The Kier molecular flexibility index (Phi) is 7.20. The summed E-state index contributed by atoms with van der Waals surface area (Å²) < 4.78 is 0. The Bertz CT molecular complexity index is 726. The zero-order valence-corrected chi connectivity index (χ0v) is 16.1. The molecule has 4 N–H and O–H groups in total. The molecule has 1 aromatic carbocycles. The molecule has 1 aliphatic rings. The van der Waals surface area contributed by atoms with Crippen molar-refractivity contribution in [2.45, 2.75) is 37.8 Å². The van der Waals surface area contributed by atoms with Crippen molar-refractivity contribution in [3.63, 3.8) is 0 Å². The van der Waals surface area contributed by atoms with Gasteiger partial charge in [-0.1, -0.05) is 31.0 Å². The van der Waals surface area contributed by atoms with Crippen molar-refractivity contribution >= 4 is 35.6 Å². The molecular weight excluding hydrogens is 370 g/mol. The summed E-state index contributed by atoms with van der Waals surface area (Å²) in [5, 5.41) is 7.87. The zero-order valence-electron chi connectivity index (χ0n) is 14.5. The molecule has 2 aromatic rings. The molecule has 1 aliphatic carbocycles. The number of amides is 2. The molecule has 0 bridgehead atoms. The number of carbonyl (C=O) groups excluding carboxylic acids is 2. The Morgan fingerprint density at radius 3 is 2.35 bits per heavy atom. The van der Waals surface area contributed by atoms with Crippen molar-refractivity contribution in [3.05, 3.63) is 57.8 Å². The summed E-state index contributed by atoms with van der Waals surface area (Å²) in [4.78, 5) is 25.1. The molecule has 2 amide bonds. The van der Waals surface area contributed by atoms with Crippen molar-refractivity contribution in [3.8, 4) is 0 Å². The topological polar surface area (TPSA) is 84.2 Å². The van der Waals surface area contributed by atoms with Crippen LogP contribution in [0.4, 0.5) is 0 Å². The summed E-state index contributed by atoms with van der Waals surface area (Å²) in [6.45, 7) is 0.914. The Morgan fingerprint density at radius 1 is 1.08 bits per heavy atom. The van der Waals surface area contributed by atoms with Crippen LogP contribution in [0, 0.1) is 0 Å². The minimum atomic E-state index is -0.246. The highest BCUT2D eigenvalue weighted by molar-refractivity contribution is 7.12. The summed E-state index contributed by atoms with van der Waals surface area (Å²) in [5.41, 5.74) is 7.20. The van der Waals surface area contributed by atoms with Gasteiger partial charge < -0.3 is 16.4 Å². The van der Waals surface area contributed by atoms with Gasteiger partial charge in [-0.25, -0.2) is 0 Å². The van der Waals surface area contributed by atoms with E-state index in [0.29, 0.717) is 23.5 Å². The van der Waals surface area contributed by atoms with Crippen molar-refractivity contribution in [2.75, 3.05) is 6.54 Å². The molecule has 140 valence electrons. The number of nitrogens with one attached hydrogen (secondary N) is 2. The minimum Gasteiger partial charge on any atom is -0.347 e. The zero-order chi connectivity index (χ0) is 17.7. The molecule has 1 fully saturated rings. The summed E-state index contributed by atoms with van der Waals surface area (Å²) in [5.74, 6) is -0.163. The first-order chi connectivity index (χ1) is 12.1. The van der Waals surface area contributed by atoms with Gasteiger partial charge in [-0.05, 0) is 42.0 Å². The van der Waals surface area contributed by atoms with E-state index in [9.17, 15) is 9.59 Å². The summed E-state index contributed by atoms with van der Waals surface area (Å²) >= 11 is 1.41. The molecule has 7 heteroatoms. The first-order valence-electron chi connectivity index (χ1n) is 8.55. The molecule has 0 atom stereocenters. The largest absolute Gasteiger partial charge is 0.347 e. The predicted octanol–water partition coefficient (Wildman–Crippen LogP) is 3.10. The van der Waals surface area contributed by atoms with Crippen molar-refractivity contribution < 1.29 is 9.59 Å². The third-order valence-corrected chi connectivity index (χ3v) is 5.61. The molecule has 1 saturated carbocycles. The second kappa shape index (κ2) is 9.16. The van der Waals surface area contributed by atoms with Gasteiger partial charge in [-0.15, -0.1) is 23.7 Å². The van der Waals surface area contributed by atoms with Crippen LogP contribution in [0.1, 0.15) is 51.3 Å². The lowest BCUT2D eigenvalue weighted by Crippen LogP contribution is -2.51. The molecule has 0 radical (unpaired) electrons. The lowest BCUT2D eigenvalue weighted by molar-refractivity contribution is 0.0901. The van der Waals surface area contributed by atoms with Crippen LogP contribution in [0.15, 0.2) is 41.8 Å². The van der Waals surface area contributed by atoms with E-state index >= 15 is 0 Å². The van der Waals surface area contributed by atoms with Crippen molar-refractivity contribution in [2.24, 2.45) is 5.73 Å². The normalized spacial score (nSPS) is 15.1. The Balaban J connectivity index is 0.00000243. The van der Waals surface area contributed by atoms with E-state index < -0.39 is 0 Å².